The Kier molecular flexibility index (Phi) is 4.73. The molecule has 0 aliphatic heterocycles. The first-order valence-electron chi connectivity index (χ1n) is 6.28. The Labute approximate surface area is 107 Å². The monoisotopic (exact) mass is 249 g/mol. The Hall–Kier alpha value is -1.39. The van der Waals surface area contributed by atoms with Crippen molar-refractivity contribution in [1.82, 2.24) is 5.48 Å². The number of hydrogen-bond donors (Lipinski definition) is 1. The molecule has 4 heteroatoms. The van der Waals surface area contributed by atoms with Crippen LogP contribution in [0.4, 0.5) is 0 Å². The Morgan fingerprint density at radius 2 is 2.11 bits per heavy atom. The van der Waals surface area contributed by atoms with E-state index in [0.29, 0.717) is 13.2 Å². The number of fused-ring (bicyclic) bond motifs is 1. The summed E-state index contributed by atoms with van der Waals surface area (Å²) in [6, 6.07) is 8.31. The third kappa shape index (κ3) is 3.31. The van der Waals surface area contributed by atoms with E-state index < -0.39 is 0 Å². The maximum atomic E-state index is 11.9. The van der Waals surface area contributed by atoms with Crippen LogP contribution < -0.4 is 5.48 Å². The molecule has 1 N–H and O–H groups in total. The highest BCUT2D eigenvalue weighted by Crippen LogP contribution is 2.25. The number of benzene rings is 1. The van der Waals surface area contributed by atoms with Crippen molar-refractivity contribution >= 4 is 5.91 Å². The minimum atomic E-state index is -0.0272. The highest BCUT2D eigenvalue weighted by atomic mass is 16.7. The molecule has 0 radical (unpaired) electrons. The van der Waals surface area contributed by atoms with Crippen molar-refractivity contribution in [3.8, 4) is 0 Å². The lowest BCUT2D eigenvalue weighted by Crippen LogP contribution is -2.34. The average molecular weight is 249 g/mol. The molecule has 0 saturated heterocycles. The lowest BCUT2D eigenvalue weighted by molar-refractivity contribution is -0.139. The maximum Gasteiger partial charge on any atom is 0.246 e. The summed E-state index contributed by atoms with van der Waals surface area (Å²) in [6.07, 6.45) is 2.65. The van der Waals surface area contributed by atoms with E-state index in [9.17, 15) is 4.79 Å². The van der Waals surface area contributed by atoms with E-state index in [1.807, 2.05) is 12.1 Å². The molecular weight excluding hydrogens is 230 g/mol. The highest BCUT2D eigenvalue weighted by Gasteiger charge is 2.24. The highest BCUT2D eigenvalue weighted by molar-refractivity contribution is 5.78. The van der Waals surface area contributed by atoms with Gasteiger partial charge >= 0.3 is 0 Å². The van der Waals surface area contributed by atoms with Gasteiger partial charge in [-0.1, -0.05) is 24.3 Å². The summed E-state index contributed by atoms with van der Waals surface area (Å²) in [5.41, 5.74) is 5.14. The lowest BCUT2D eigenvalue weighted by atomic mass is 9.83. The van der Waals surface area contributed by atoms with Crippen LogP contribution in [0.5, 0.6) is 0 Å². The molecule has 0 bridgehead atoms. The van der Waals surface area contributed by atoms with Crippen molar-refractivity contribution in [2.75, 3.05) is 20.3 Å². The SMILES string of the molecule is COCCONC(=O)C1CCc2ccccc2C1. The van der Waals surface area contributed by atoms with Crippen LogP contribution in [-0.2, 0) is 27.2 Å². The molecule has 4 nitrogen and oxygen atoms in total. The van der Waals surface area contributed by atoms with Gasteiger partial charge < -0.3 is 4.74 Å². The number of rotatable bonds is 5. The Morgan fingerprint density at radius 1 is 1.33 bits per heavy atom. The molecule has 0 heterocycles. The van der Waals surface area contributed by atoms with Gasteiger partial charge in [0, 0.05) is 13.0 Å². The number of hydroxylamine groups is 1. The molecule has 0 spiro atoms. The lowest BCUT2D eigenvalue weighted by Gasteiger charge is -2.23. The summed E-state index contributed by atoms with van der Waals surface area (Å²) in [4.78, 5) is 16.9. The number of hydrogen-bond acceptors (Lipinski definition) is 3. The van der Waals surface area contributed by atoms with Crippen LogP contribution >= 0.6 is 0 Å². The second-order valence-corrected chi connectivity index (χ2v) is 4.52. The largest absolute Gasteiger partial charge is 0.382 e. The van der Waals surface area contributed by atoms with Crippen molar-refractivity contribution in [2.45, 2.75) is 19.3 Å². The summed E-state index contributed by atoms with van der Waals surface area (Å²) in [6.45, 7) is 0.860. The number of nitrogens with one attached hydrogen (secondary N) is 1. The van der Waals surface area contributed by atoms with Crippen LogP contribution in [0.25, 0.3) is 0 Å². The van der Waals surface area contributed by atoms with Crippen LogP contribution in [0.3, 0.4) is 0 Å². The normalized spacial score (nSPS) is 18.2. The fraction of sp³-hybridized carbons (Fsp3) is 0.500. The molecular formula is C14H19NO3. The molecule has 0 fully saturated rings. The van der Waals surface area contributed by atoms with Gasteiger partial charge in [0.2, 0.25) is 5.91 Å². The maximum absolute atomic E-state index is 11.9. The number of ether oxygens (including phenoxy) is 1. The topological polar surface area (TPSA) is 47.6 Å². The number of aryl methyl sites for hydroxylation is 1. The van der Waals surface area contributed by atoms with Crippen LogP contribution in [0.2, 0.25) is 0 Å². The fourth-order valence-corrected chi connectivity index (χ4v) is 2.25. The minimum absolute atomic E-state index is 0.0162. The van der Waals surface area contributed by atoms with Gasteiger partial charge in [-0.05, 0) is 30.4 Å². The smallest absolute Gasteiger partial charge is 0.246 e. The number of methoxy groups -OCH3 is 1. The molecule has 1 aromatic carbocycles. The number of amides is 1. The number of carbonyl (C=O) groups is 1. The predicted octanol–water partition coefficient (Wildman–Crippen LogP) is 1.49. The van der Waals surface area contributed by atoms with Gasteiger partial charge in [0.25, 0.3) is 0 Å². The molecule has 2 rings (SSSR count). The summed E-state index contributed by atoms with van der Waals surface area (Å²) in [5.74, 6) is -0.0111. The van der Waals surface area contributed by atoms with Gasteiger partial charge in [0.05, 0.1) is 13.2 Å². The first-order chi connectivity index (χ1) is 8.81. The molecule has 18 heavy (non-hydrogen) atoms. The predicted molar refractivity (Wildman–Crippen MR) is 67.9 cm³/mol. The molecule has 1 amide bonds. The molecule has 1 atom stereocenters. The van der Waals surface area contributed by atoms with Gasteiger partial charge in [-0.3, -0.25) is 9.63 Å². The summed E-state index contributed by atoms with van der Waals surface area (Å²) < 4.78 is 4.84. The summed E-state index contributed by atoms with van der Waals surface area (Å²) in [5, 5.41) is 0. The Balaban J connectivity index is 1.83. The van der Waals surface area contributed by atoms with Crippen molar-refractivity contribution in [3.05, 3.63) is 35.4 Å². The van der Waals surface area contributed by atoms with E-state index in [4.69, 9.17) is 9.57 Å². The van der Waals surface area contributed by atoms with Crippen LogP contribution in [0.15, 0.2) is 24.3 Å². The Morgan fingerprint density at radius 3 is 2.89 bits per heavy atom. The average Bonchev–Trinajstić information content (AvgIpc) is 2.43. The van der Waals surface area contributed by atoms with Crippen LogP contribution in [0.1, 0.15) is 17.5 Å². The molecule has 0 aromatic heterocycles. The van der Waals surface area contributed by atoms with Gasteiger partial charge in [-0.2, -0.15) is 0 Å². The van der Waals surface area contributed by atoms with E-state index in [2.05, 4.69) is 17.6 Å². The quantitative estimate of drug-likeness (QED) is 0.635. The fourth-order valence-electron chi connectivity index (χ4n) is 2.25. The first-order valence-corrected chi connectivity index (χ1v) is 6.28. The minimum Gasteiger partial charge on any atom is -0.382 e. The zero-order chi connectivity index (χ0) is 12.8. The molecule has 0 saturated carbocycles. The van der Waals surface area contributed by atoms with Crippen LogP contribution in [-0.4, -0.2) is 26.2 Å². The summed E-state index contributed by atoms with van der Waals surface area (Å²) >= 11 is 0. The van der Waals surface area contributed by atoms with E-state index in [-0.39, 0.29) is 11.8 Å². The molecule has 98 valence electrons. The zero-order valence-electron chi connectivity index (χ0n) is 10.6. The standard InChI is InChI=1S/C14H19NO3/c1-17-8-9-18-15-14(16)13-7-6-11-4-2-3-5-12(11)10-13/h2-5,13H,6-10H2,1H3,(H,15,16). The molecule has 1 unspecified atom stereocenters. The molecule has 1 aliphatic carbocycles. The molecule has 1 aromatic rings. The van der Waals surface area contributed by atoms with Gasteiger partial charge in [-0.25, -0.2) is 5.48 Å². The van der Waals surface area contributed by atoms with Crippen LogP contribution in [0, 0.1) is 5.92 Å². The van der Waals surface area contributed by atoms with Crippen molar-refractivity contribution in [1.29, 1.82) is 0 Å². The molecule has 1 aliphatic rings. The number of carbonyl (C=O) groups excluding carboxylic acids is 1. The van der Waals surface area contributed by atoms with E-state index in [0.717, 1.165) is 19.3 Å². The third-order valence-electron chi connectivity index (χ3n) is 3.28. The van der Waals surface area contributed by atoms with Crippen molar-refractivity contribution in [2.24, 2.45) is 5.92 Å². The zero-order valence-corrected chi connectivity index (χ0v) is 10.6. The van der Waals surface area contributed by atoms with Gasteiger partial charge in [0.15, 0.2) is 0 Å². The van der Waals surface area contributed by atoms with E-state index in [1.165, 1.54) is 11.1 Å². The van der Waals surface area contributed by atoms with Gasteiger partial charge in [0.1, 0.15) is 0 Å². The van der Waals surface area contributed by atoms with E-state index in [1.54, 1.807) is 7.11 Å². The second kappa shape index (κ2) is 6.52. The van der Waals surface area contributed by atoms with Gasteiger partial charge in [-0.15, -0.1) is 0 Å². The summed E-state index contributed by atoms with van der Waals surface area (Å²) in [7, 11) is 1.60. The third-order valence-corrected chi connectivity index (χ3v) is 3.28. The second-order valence-electron chi connectivity index (χ2n) is 4.52. The van der Waals surface area contributed by atoms with Crippen molar-refractivity contribution < 1.29 is 14.4 Å². The Bertz CT molecular complexity index is 406. The van der Waals surface area contributed by atoms with Crippen molar-refractivity contribution in [3.63, 3.8) is 0 Å². The first kappa shape index (κ1) is 13.1. The van der Waals surface area contributed by atoms with E-state index >= 15 is 0 Å².